The number of hydrogen-bond acceptors (Lipinski definition) is 5. The molecule has 2 aliphatic heterocycles. The molecular weight excluding hydrogens is 695 g/mol. The fraction of sp³-hybridized carbons (Fsp3) is 0.0769. The van der Waals surface area contributed by atoms with Gasteiger partial charge in [0.25, 0.3) is 0 Å². The first-order valence-corrected chi connectivity index (χ1v) is 19.7. The minimum atomic E-state index is -0.303. The maximum Gasteiger partial charge on any atom is 0.159 e. The molecule has 5 heteroatoms. The summed E-state index contributed by atoms with van der Waals surface area (Å²) in [6.45, 7) is 2.23. The van der Waals surface area contributed by atoms with Crippen molar-refractivity contribution in [2.45, 2.75) is 25.7 Å². The van der Waals surface area contributed by atoms with E-state index in [4.69, 9.17) is 9.98 Å². The summed E-state index contributed by atoms with van der Waals surface area (Å²) in [5, 5.41) is 9.77. The molecule has 0 fully saturated rings. The summed E-state index contributed by atoms with van der Waals surface area (Å²) in [5.41, 5.74) is 13.7. The second-order valence-corrected chi connectivity index (χ2v) is 14.6. The van der Waals surface area contributed by atoms with Gasteiger partial charge in [0.05, 0.1) is 11.4 Å². The summed E-state index contributed by atoms with van der Waals surface area (Å²) in [5.74, 6) is 1.51. The molecule has 57 heavy (non-hydrogen) atoms. The van der Waals surface area contributed by atoms with E-state index in [9.17, 15) is 0 Å². The summed E-state index contributed by atoms with van der Waals surface area (Å²) in [7, 11) is 0. The minimum Gasteiger partial charge on any atom is -0.363 e. The lowest BCUT2D eigenvalue weighted by Gasteiger charge is -2.26. The Hall–Kier alpha value is -7.24. The Morgan fingerprint density at radius 2 is 1.14 bits per heavy atom. The monoisotopic (exact) mass is 735 g/mol. The molecule has 2 atom stereocenters. The molecule has 5 nitrogen and oxygen atoms in total. The minimum absolute atomic E-state index is 0.230. The van der Waals surface area contributed by atoms with Crippen molar-refractivity contribution in [2.75, 3.05) is 10.2 Å². The van der Waals surface area contributed by atoms with E-state index in [0.717, 1.165) is 40.1 Å². The van der Waals surface area contributed by atoms with Gasteiger partial charge in [-0.15, -0.1) is 0 Å². The first-order valence-electron chi connectivity index (χ1n) is 19.7. The van der Waals surface area contributed by atoms with Gasteiger partial charge in [0.2, 0.25) is 0 Å². The third kappa shape index (κ3) is 6.64. The van der Waals surface area contributed by atoms with Crippen LogP contribution in [0.15, 0.2) is 204 Å². The van der Waals surface area contributed by atoms with E-state index in [0.29, 0.717) is 5.84 Å². The number of nitrogens with zero attached hydrogens (tertiary/aromatic N) is 3. The standard InChI is InChI=1S/C52H41N5/c1-2-49-53-47-23-8-9-24-48(47)57(49)44-20-11-17-41(34-44)37-27-25-35(26-28-37)36-29-31-40(32-30-36)51-54-50(39-14-4-3-5-15-39)55-52(56-51)43-19-10-18-42(33-43)46-22-12-16-38-13-6-7-21-45(38)46/h3-34,49,51,53H,2H2,1H3,(H,54,55,56). The van der Waals surface area contributed by atoms with Crippen LogP contribution in [-0.2, 0) is 0 Å². The highest BCUT2D eigenvalue weighted by Gasteiger charge is 2.28. The molecule has 2 heterocycles. The summed E-state index contributed by atoms with van der Waals surface area (Å²) in [6.07, 6.45) is 0.926. The lowest BCUT2D eigenvalue weighted by molar-refractivity contribution is 0.674. The molecule has 2 N–H and O–H groups in total. The zero-order valence-electron chi connectivity index (χ0n) is 31.7. The Morgan fingerprint density at radius 3 is 1.96 bits per heavy atom. The fourth-order valence-corrected chi connectivity index (χ4v) is 8.16. The molecule has 0 aliphatic carbocycles. The molecule has 274 valence electrons. The molecule has 0 saturated heterocycles. The fourth-order valence-electron chi connectivity index (χ4n) is 8.16. The van der Waals surface area contributed by atoms with E-state index in [1.54, 1.807) is 0 Å². The van der Waals surface area contributed by atoms with Crippen LogP contribution < -0.4 is 15.5 Å². The zero-order valence-corrected chi connectivity index (χ0v) is 31.7. The number of nitrogens with one attached hydrogen (secondary N) is 2. The van der Waals surface area contributed by atoms with Crippen molar-refractivity contribution < 1.29 is 0 Å². The molecule has 0 bridgehead atoms. The third-order valence-electron chi connectivity index (χ3n) is 11.1. The second-order valence-electron chi connectivity index (χ2n) is 14.6. The number of rotatable bonds is 8. The van der Waals surface area contributed by atoms with Crippen LogP contribution in [-0.4, -0.2) is 17.8 Å². The van der Waals surface area contributed by atoms with E-state index in [1.165, 1.54) is 50.1 Å². The smallest absolute Gasteiger partial charge is 0.159 e. The number of anilines is 3. The van der Waals surface area contributed by atoms with Crippen molar-refractivity contribution >= 4 is 39.5 Å². The molecule has 0 radical (unpaired) electrons. The summed E-state index contributed by atoms with van der Waals surface area (Å²) in [6, 6.07) is 69.0. The van der Waals surface area contributed by atoms with Gasteiger partial charge in [-0.1, -0.05) is 171 Å². The van der Waals surface area contributed by atoms with Crippen LogP contribution in [0.5, 0.6) is 0 Å². The SMILES string of the molecule is CCC1Nc2ccccc2N1c1cccc(-c2ccc(-c3ccc(C4N=C(c5cccc(-c6cccc7ccccc67)c5)N=C(c5ccccc5)N4)cc3)cc2)c1. The number of benzene rings is 8. The average Bonchev–Trinajstić information content (AvgIpc) is 3.68. The molecule has 2 unspecified atom stereocenters. The molecule has 8 aromatic rings. The summed E-state index contributed by atoms with van der Waals surface area (Å²) in [4.78, 5) is 12.7. The quantitative estimate of drug-likeness (QED) is 0.163. The van der Waals surface area contributed by atoms with Gasteiger partial charge >= 0.3 is 0 Å². The lowest BCUT2D eigenvalue weighted by atomic mass is 9.96. The Kier molecular flexibility index (Phi) is 8.88. The first-order chi connectivity index (χ1) is 28.2. The number of amidine groups is 2. The van der Waals surface area contributed by atoms with E-state index >= 15 is 0 Å². The maximum absolute atomic E-state index is 5.21. The predicted octanol–water partition coefficient (Wildman–Crippen LogP) is 12.6. The van der Waals surface area contributed by atoms with Gasteiger partial charge < -0.3 is 15.5 Å². The van der Waals surface area contributed by atoms with Crippen LogP contribution >= 0.6 is 0 Å². The van der Waals surface area contributed by atoms with Crippen molar-refractivity contribution in [2.24, 2.45) is 9.98 Å². The van der Waals surface area contributed by atoms with Crippen LogP contribution in [0.3, 0.4) is 0 Å². The van der Waals surface area contributed by atoms with Gasteiger partial charge in [-0.25, -0.2) is 9.98 Å². The largest absolute Gasteiger partial charge is 0.363 e. The zero-order chi connectivity index (χ0) is 38.1. The Balaban J connectivity index is 0.926. The highest BCUT2D eigenvalue weighted by Crippen LogP contribution is 2.42. The molecular formula is C52H41N5. The number of aliphatic imine (C=N–C) groups is 2. The van der Waals surface area contributed by atoms with Gasteiger partial charge in [0, 0.05) is 16.8 Å². The molecule has 0 aromatic heterocycles. The topological polar surface area (TPSA) is 52.0 Å². The molecule has 0 amide bonds. The number of fused-ring (bicyclic) bond motifs is 2. The number of para-hydroxylation sites is 2. The van der Waals surface area contributed by atoms with E-state index in [1.807, 2.05) is 18.2 Å². The Labute approximate surface area is 333 Å². The highest BCUT2D eigenvalue weighted by molar-refractivity contribution is 6.13. The van der Waals surface area contributed by atoms with Crippen LogP contribution in [0.1, 0.15) is 36.2 Å². The number of hydrogen-bond donors (Lipinski definition) is 2. The third-order valence-corrected chi connectivity index (χ3v) is 11.1. The normalized spacial score (nSPS) is 16.0. The van der Waals surface area contributed by atoms with Crippen molar-refractivity contribution in [3.63, 3.8) is 0 Å². The van der Waals surface area contributed by atoms with E-state index in [2.05, 4.69) is 198 Å². The first kappa shape index (κ1) is 34.3. The predicted molar refractivity (Wildman–Crippen MR) is 238 cm³/mol. The van der Waals surface area contributed by atoms with Crippen LogP contribution in [0.4, 0.5) is 17.1 Å². The van der Waals surface area contributed by atoms with Crippen LogP contribution in [0, 0.1) is 0 Å². The van der Waals surface area contributed by atoms with Gasteiger partial charge in [0.1, 0.15) is 18.2 Å². The van der Waals surface area contributed by atoms with Crippen LogP contribution in [0.2, 0.25) is 0 Å². The van der Waals surface area contributed by atoms with Gasteiger partial charge in [-0.3, -0.25) is 0 Å². The van der Waals surface area contributed by atoms with Gasteiger partial charge in [-0.05, 0) is 86.5 Å². The van der Waals surface area contributed by atoms with E-state index in [-0.39, 0.29) is 12.3 Å². The highest BCUT2D eigenvalue weighted by atomic mass is 15.3. The second kappa shape index (κ2) is 14.8. The molecule has 0 saturated carbocycles. The lowest BCUT2D eigenvalue weighted by Crippen LogP contribution is -2.33. The molecule has 10 rings (SSSR count). The molecule has 8 aromatic carbocycles. The van der Waals surface area contributed by atoms with Crippen molar-refractivity contribution in [3.8, 4) is 33.4 Å². The van der Waals surface area contributed by atoms with Crippen molar-refractivity contribution in [1.82, 2.24) is 5.32 Å². The summed E-state index contributed by atoms with van der Waals surface area (Å²) >= 11 is 0. The average molecular weight is 736 g/mol. The molecule has 0 spiro atoms. The van der Waals surface area contributed by atoms with Gasteiger partial charge in [0.15, 0.2) is 5.84 Å². The van der Waals surface area contributed by atoms with Crippen molar-refractivity contribution in [1.29, 1.82) is 0 Å². The Morgan fingerprint density at radius 1 is 0.509 bits per heavy atom. The van der Waals surface area contributed by atoms with E-state index < -0.39 is 0 Å². The summed E-state index contributed by atoms with van der Waals surface area (Å²) < 4.78 is 0. The van der Waals surface area contributed by atoms with Crippen molar-refractivity contribution in [3.05, 3.63) is 211 Å². The Bertz CT molecular complexity index is 2780. The van der Waals surface area contributed by atoms with Crippen LogP contribution in [0.25, 0.3) is 44.2 Å². The molecule has 2 aliphatic rings. The van der Waals surface area contributed by atoms with Gasteiger partial charge in [-0.2, -0.15) is 0 Å². The maximum atomic E-state index is 5.21.